The van der Waals surface area contributed by atoms with Crippen molar-refractivity contribution in [3.05, 3.63) is 72.9 Å². The molecule has 0 aromatic heterocycles. The van der Waals surface area contributed by atoms with Crippen molar-refractivity contribution in [2.45, 2.75) is 303 Å². The second kappa shape index (κ2) is 58.4. The molecule has 0 heterocycles. The van der Waals surface area contributed by atoms with Crippen molar-refractivity contribution in [3.63, 3.8) is 0 Å². The van der Waals surface area contributed by atoms with E-state index < -0.39 is 6.10 Å². The first-order valence-electron chi connectivity index (χ1n) is 29.9. The lowest BCUT2D eigenvalue weighted by atomic mass is 10.1. The fourth-order valence-electron chi connectivity index (χ4n) is 8.42. The summed E-state index contributed by atoms with van der Waals surface area (Å²) >= 11 is 0. The molecule has 1 atom stereocenters. The molecule has 1 unspecified atom stereocenters. The summed E-state index contributed by atoms with van der Waals surface area (Å²) in [5.74, 6) is -0.894. The van der Waals surface area contributed by atoms with Crippen molar-refractivity contribution >= 4 is 17.9 Å². The Morgan fingerprint density at radius 2 is 0.557 bits per heavy atom. The average Bonchev–Trinajstić information content (AvgIpc) is 3.36. The molecular weight excluding hydrogens is 865 g/mol. The van der Waals surface area contributed by atoms with Crippen LogP contribution in [-0.4, -0.2) is 37.2 Å². The SMILES string of the molecule is CC/C=C\C/C=C\C/C=C\CCCCCCCCCCCC(=O)OCC(COC(=O)CCCCCCC/C=C\CCCCCCCCC)OC(=O)CCCCCCCCC/C=C\C/C=C\CCCCC. The number of allylic oxidation sites excluding steroid dienone is 12. The van der Waals surface area contributed by atoms with Gasteiger partial charge in [-0.3, -0.25) is 14.4 Å². The monoisotopic (exact) mass is 977 g/mol. The Morgan fingerprint density at radius 1 is 0.300 bits per heavy atom. The van der Waals surface area contributed by atoms with Crippen molar-refractivity contribution in [2.75, 3.05) is 13.2 Å². The van der Waals surface area contributed by atoms with Crippen molar-refractivity contribution in [1.82, 2.24) is 0 Å². The number of unbranched alkanes of at least 4 members (excludes halogenated alkanes) is 31. The van der Waals surface area contributed by atoms with Crippen LogP contribution in [0.3, 0.4) is 0 Å². The summed E-state index contributed by atoms with van der Waals surface area (Å²) in [7, 11) is 0. The maximum atomic E-state index is 12.9. The van der Waals surface area contributed by atoms with Crippen LogP contribution in [-0.2, 0) is 28.6 Å². The molecule has 0 saturated carbocycles. The second-order valence-corrected chi connectivity index (χ2v) is 19.9. The van der Waals surface area contributed by atoms with Gasteiger partial charge in [0.2, 0.25) is 0 Å². The van der Waals surface area contributed by atoms with Gasteiger partial charge < -0.3 is 14.2 Å². The van der Waals surface area contributed by atoms with Gasteiger partial charge in [-0.25, -0.2) is 0 Å². The molecule has 6 nitrogen and oxygen atoms in total. The lowest BCUT2D eigenvalue weighted by molar-refractivity contribution is -0.167. The third-order valence-corrected chi connectivity index (χ3v) is 12.9. The van der Waals surface area contributed by atoms with Crippen LogP contribution in [0.4, 0.5) is 0 Å². The zero-order chi connectivity index (χ0) is 50.7. The zero-order valence-electron chi connectivity index (χ0n) is 46.3. The summed E-state index contributed by atoms with van der Waals surface area (Å²) in [6, 6.07) is 0. The van der Waals surface area contributed by atoms with Gasteiger partial charge in [0, 0.05) is 19.3 Å². The Bertz CT molecular complexity index is 1310. The molecule has 0 amide bonds. The van der Waals surface area contributed by atoms with E-state index in [9.17, 15) is 14.4 Å². The van der Waals surface area contributed by atoms with Crippen LogP contribution in [0.2, 0.25) is 0 Å². The number of hydrogen-bond donors (Lipinski definition) is 0. The van der Waals surface area contributed by atoms with Gasteiger partial charge in [-0.05, 0) is 109 Å². The molecule has 0 aliphatic rings. The van der Waals surface area contributed by atoms with E-state index in [-0.39, 0.29) is 31.1 Å². The van der Waals surface area contributed by atoms with E-state index in [4.69, 9.17) is 14.2 Å². The minimum Gasteiger partial charge on any atom is -0.462 e. The molecule has 70 heavy (non-hydrogen) atoms. The summed E-state index contributed by atoms with van der Waals surface area (Å²) in [6.45, 7) is 6.51. The number of carbonyl (C=O) groups is 3. The van der Waals surface area contributed by atoms with Crippen LogP contribution in [0.25, 0.3) is 0 Å². The van der Waals surface area contributed by atoms with E-state index in [0.717, 1.165) is 96.3 Å². The maximum absolute atomic E-state index is 12.9. The van der Waals surface area contributed by atoms with Gasteiger partial charge in [0.1, 0.15) is 13.2 Å². The number of rotatable bonds is 54. The normalized spacial score (nSPS) is 12.6. The molecule has 0 radical (unpaired) electrons. The quantitative estimate of drug-likeness (QED) is 0.0261. The number of esters is 3. The summed E-state index contributed by atoms with van der Waals surface area (Å²) in [5.41, 5.74) is 0. The van der Waals surface area contributed by atoms with E-state index in [1.165, 1.54) is 161 Å². The minimum atomic E-state index is -0.786. The number of carbonyl (C=O) groups excluding carboxylic acids is 3. The first-order chi connectivity index (χ1) is 34.5. The van der Waals surface area contributed by atoms with Gasteiger partial charge in [-0.1, -0.05) is 241 Å². The molecule has 0 N–H and O–H groups in total. The van der Waals surface area contributed by atoms with E-state index >= 15 is 0 Å². The summed E-state index contributed by atoms with van der Waals surface area (Å²) in [4.78, 5) is 38.2. The highest BCUT2D eigenvalue weighted by molar-refractivity contribution is 5.71. The van der Waals surface area contributed by atoms with Crippen molar-refractivity contribution < 1.29 is 28.6 Å². The molecule has 0 aromatic rings. The van der Waals surface area contributed by atoms with Crippen LogP contribution in [0.15, 0.2) is 72.9 Å². The van der Waals surface area contributed by atoms with Crippen LogP contribution in [0, 0.1) is 0 Å². The fourth-order valence-corrected chi connectivity index (χ4v) is 8.42. The predicted molar refractivity (Wildman–Crippen MR) is 302 cm³/mol. The molecule has 0 aliphatic heterocycles. The Balaban J connectivity index is 4.40. The van der Waals surface area contributed by atoms with Crippen LogP contribution in [0.5, 0.6) is 0 Å². The third kappa shape index (κ3) is 55.8. The molecule has 0 aromatic carbocycles. The minimum absolute atomic E-state index is 0.0833. The van der Waals surface area contributed by atoms with E-state index in [1.807, 2.05) is 0 Å². The fraction of sp³-hybridized carbons (Fsp3) is 0.766. The largest absolute Gasteiger partial charge is 0.462 e. The second-order valence-electron chi connectivity index (χ2n) is 19.9. The van der Waals surface area contributed by atoms with Gasteiger partial charge >= 0.3 is 17.9 Å². The first kappa shape index (κ1) is 66.9. The lowest BCUT2D eigenvalue weighted by Crippen LogP contribution is -2.30. The lowest BCUT2D eigenvalue weighted by Gasteiger charge is -2.18. The molecule has 0 bridgehead atoms. The summed E-state index contributed by atoms with van der Waals surface area (Å²) in [5, 5.41) is 0. The topological polar surface area (TPSA) is 78.9 Å². The van der Waals surface area contributed by atoms with E-state index in [1.54, 1.807) is 0 Å². The molecule has 0 saturated heterocycles. The molecule has 0 fully saturated rings. The highest BCUT2D eigenvalue weighted by atomic mass is 16.6. The molecule has 0 spiro atoms. The Morgan fingerprint density at radius 3 is 0.914 bits per heavy atom. The molecule has 0 rings (SSSR count). The van der Waals surface area contributed by atoms with E-state index in [2.05, 4.69) is 93.7 Å². The molecule has 404 valence electrons. The van der Waals surface area contributed by atoms with Crippen molar-refractivity contribution in [2.24, 2.45) is 0 Å². The molecule has 6 heteroatoms. The first-order valence-corrected chi connectivity index (χ1v) is 29.9. The number of hydrogen-bond acceptors (Lipinski definition) is 6. The molecular formula is C64H112O6. The standard InChI is InChI=1S/C64H112O6/c1-4-7-10-13-16-19-22-25-28-31-32-34-36-39-42-45-48-51-54-57-63(66)69-60-61(59-68-62(65)56-53-50-47-44-41-38-35-30-27-24-21-18-15-12-9-6-3)70-64(67)58-55-52-49-46-43-40-37-33-29-26-23-20-17-14-11-8-5-2/h7,10,16-17,19-20,25-26,28-30,35,61H,4-6,8-9,11-15,18,21-24,27,31-34,36-60H2,1-3H3/b10-7-,19-16-,20-17-,28-25-,29-26-,35-30-. The maximum Gasteiger partial charge on any atom is 0.306 e. The van der Waals surface area contributed by atoms with E-state index in [0.29, 0.717) is 19.3 Å². The average molecular weight is 978 g/mol. The Kier molecular flexibility index (Phi) is 55.8. The Labute approximate surface area is 433 Å². The van der Waals surface area contributed by atoms with Gasteiger partial charge in [0.15, 0.2) is 6.10 Å². The van der Waals surface area contributed by atoms with Crippen LogP contribution in [0.1, 0.15) is 297 Å². The van der Waals surface area contributed by atoms with Gasteiger partial charge in [-0.2, -0.15) is 0 Å². The highest BCUT2D eigenvalue weighted by Crippen LogP contribution is 2.15. The van der Waals surface area contributed by atoms with Gasteiger partial charge in [0.25, 0.3) is 0 Å². The highest BCUT2D eigenvalue weighted by Gasteiger charge is 2.19. The summed E-state index contributed by atoms with van der Waals surface area (Å²) < 4.78 is 16.9. The predicted octanol–water partition coefficient (Wildman–Crippen LogP) is 20.2. The van der Waals surface area contributed by atoms with Gasteiger partial charge in [-0.15, -0.1) is 0 Å². The smallest absolute Gasteiger partial charge is 0.306 e. The zero-order valence-corrected chi connectivity index (χ0v) is 46.3. The van der Waals surface area contributed by atoms with Crippen molar-refractivity contribution in [3.8, 4) is 0 Å². The summed E-state index contributed by atoms with van der Waals surface area (Å²) in [6.07, 6.45) is 74.6. The van der Waals surface area contributed by atoms with Gasteiger partial charge in [0.05, 0.1) is 0 Å². The Hall–Kier alpha value is -3.15. The number of ether oxygens (including phenoxy) is 3. The van der Waals surface area contributed by atoms with Crippen molar-refractivity contribution in [1.29, 1.82) is 0 Å². The molecule has 0 aliphatic carbocycles. The third-order valence-electron chi connectivity index (χ3n) is 12.9. The van der Waals surface area contributed by atoms with Crippen LogP contribution < -0.4 is 0 Å². The van der Waals surface area contributed by atoms with Crippen LogP contribution >= 0.6 is 0 Å².